The van der Waals surface area contributed by atoms with Crippen molar-refractivity contribution < 1.29 is 17.4 Å². The van der Waals surface area contributed by atoms with Crippen molar-refractivity contribution in [1.82, 2.24) is 9.97 Å². The van der Waals surface area contributed by atoms with Crippen LogP contribution in [0.3, 0.4) is 0 Å². The van der Waals surface area contributed by atoms with Crippen LogP contribution in [0.2, 0.25) is 0 Å². The van der Waals surface area contributed by atoms with Crippen LogP contribution in [0, 0.1) is 0 Å². The molecule has 0 unspecified atom stereocenters. The average Bonchev–Trinajstić information content (AvgIpc) is 2.50. The highest BCUT2D eigenvalue weighted by atomic mass is 79.9. The van der Waals surface area contributed by atoms with E-state index in [1.165, 1.54) is 18.3 Å². The Kier molecular flexibility index (Phi) is 5.50. The fraction of sp³-hybridized carbons (Fsp3) is 0.231. The summed E-state index contributed by atoms with van der Waals surface area (Å²) >= 11 is 3.30. The van der Waals surface area contributed by atoms with Gasteiger partial charge in [0.05, 0.1) is 16.0 Å². The van der Waals surface area contributed by atoms with Crippen molar-refractivity contribution >= 4 is 43.6 Å². The first-order chi connectivity index (χ1) is 10.8. The van der Waals surface area contributed by atoms with E-state index in [9.17, 15) is 12.3 Å². The summed E-state index contributed by atoms with van der Waals surface area (Å²) in [6.07, 6.45) is 1.53. The number of benzene rings is 1. The van der Waals surface area contributed by atoms with Crippen molar-refractivity contribution in [3.63, 3.8) is 0 Å². The molecule has 0 saturated carbocycles. The summed E-state index contributed by atoms with van der Waals surface area (Å²) in [4.78, 5) is 7.90. The Morgan fingerprint density at radius 1 is 1.35 bits per heavy atom. The molecule has 1 aromatic carbocycles. The second-order valence-corrected chi connectivity index (χ2v) is 6.91. The molecule has 0 aliphatic heterocycles. The molecule has 0 amide bonds. The van der Waals surface area contributed by atoms with Crippen LogP contribution in [-0.2, 0) is 10.2 Å². The molecule has 1 aromatic heterocycles. The minimum atomic E-state index is -4.72. The highest BCUT2D eigenvalue weighted by Gasteiger charge is 2.12. The molecule has 23 heavy (non-hydrogen) atoms. The van der Waals surface area contributed by atoms with Gasteiger partial charge >= 0.3 is 10.2 Å². The molecule has 0 spiro atoms. The molecule has 7 nitrogen and oxygen atoms in total. The average molecular weight is 405 g/mol. The molecule has 0 aliphatic carbocycles. The number of hydrogen-bond donors (Lipinski definition) is 3. The molecular weight excluding hydrogens is 391 g/mol. The molecule has 2 rings (SSSR count). The highest BCUT2D eigenvalue weighted by Crippen LogP contribution is 2.23. The minimum Gasteiger partial charge on any atom is -0.394 e. The summed E-state index contributed by atoms with van der Waals surface area (Å²) in [5.41, 5.74) is 0.501. The Labute approximate surface area is 141 Å². The van der Waals surface area contributed by atoms with Gasteiger partial charge in [0.1, 0.15) is 5.82 Å². The lowest BCUT2D eigenvalue weighted by molar-refractivity contribution is 0.281. The van der Waals surface area contributed by atoms with Gasteiger partial charge in [-0.2, -0.15) is 13.4 Å². The van der Waals surface area contributed by atoms with Crippen LogP contribution in [0.4, 0.5) is 21.3 Å². The van der Waals surface area contributed by atoms with Crippen LogP contribution in [0.15, 0.2) is 39.8 Å². The Bertz CT molecular complexity index is 786. The van der Waals surface area contributed by atoms with Gasteiger partial charge < -0.3 is 15.7 Å². The zero-order chi connectivity index (χ0) is 17.0. The van der Waals surface area contributed by atoms with Gasteiger partial charge in [-0.15, -0.1) is 3.89 Å². The van der Waals surface area contributed by atoms with E-state index in [1.807, 2.05) is 0 Å². The second kappa shape index (κ2) is 7.20. The van der Waals surface area contributed by atoms with Gasteiger partial charge in [-0.25, -0.2) is 4.98 Å². The molecule has 1 atom stereocenters. The van der Waals surface area contributed by atoms with Crippen molar-refractivity contribution in [3.05, 3.63) is 34.9 Å². The summed E-state index contributed by atoms with van der Waals surface area (Å²) in [6, 6.07) is 4.90. The van der Waals surface area contributed by atoms with Gasteiger partial charge in [0.2, 0.25) is 5.95 Å². The largest absolute Gasteiger partial charge is 0.394 e. The summed E-state index contributed by atoms with van der Waals surface area (Å²) in [5.74, 6) is 0.753. The Hall–Kier alpha value is -1.78. The predicted molar refractivity (Wildman–Crippen MR) is 87.9 cm³/mol. The van der Waals surface area contributed by atoms with E-state index in [0.29, 0.717) is 16.0 Å². The van der Waals surface area contributed by atoms with Crippen LogP contribution < -0.4 is 10.6 Å². The van der Waals surface area contributed by atoms with E-state index in [-0.39, 0.29) is 18.6 Å². The van der Waals surface area contributed by atoms with Crippen LogP contribution >= 0.6 is 15.9 Å². The molecule has 0 fully saturated rings. The van der Waals surface area contributed by atoms with Crippen LogP contribution in [-0.4, -0.2) is 36.1 Å². The van der Waals surface area contributed by atoms with Gasteiger partial charge in [-0.1, -0.05) is 0 Å². The van der Waals surface area contributed by atoms with Crippen molar-refractivity contribution in [2.75, 3.05) is 17.2 Å². The predicted octanol–water partition coefficient (Wildman–Crippen LogP) is 2.43. The summed E-state index contributed by atoms with van der Waals surface area (Å²) in [5, 5.41) is 14.9. The monoisotopic (exact) mass is 404 g/mol. The summed E-state index contributed by atoms with van der Waals surface area (Å²) < 4.78 is 35.0. The van der Waals surface area contributed by atoms with E-state index >= 15 is 0 Å². The van der Waals surface area contributed by atoms with Crippen molar-refractivity contribution in [3.8, 4) is 0 Å². The first kappa shape index (κ1) is 17.6. The Balaban J connectivity index is 2.18. The quantitative estimate of drug-likeness (QED) is 0.634. The van der Waals surface area contributed by atoms with Gasteiger partial charge in [-0.3, -0.25) is 0 Å². The third kappa shape index (κ3) is 4.85. The number of nitrogens with zero attached hydrogens (tertiary/aromatic N) is 2. The standard InChI is InChI=1S/C13H14BrFN4O3S/c1-8(7-20)17-12-11(14)6-16-13(19-12)18-9-2-4-10(5-3-9)23(15,21)22/h2-6,8,20H,7H2,1H3,(H2,16,17,18,19)/t8-/m1/s1. The first-order valence-corrected chi connectivity index (χ1v) is 8.69. The molecule has 0 bridgehead atoms. The molecule has 0 aliphatic rings. The summed E-state index contributed by atoms with van der Waals surface area (Å²) in [7, 11) is -4.72. The highest BCUT2D eigenvalue weighted by molar-refractivity contribution is 9.10. The third-order valence-electron chi connectivity index (χ3n) is 2.79. The maximum Gasteiger partial charge on any atom is 0.332 e. The van der Waals surface area contributed by atoms with Crippen molar-refractivity contribution in [1.29, 1.82) is 0 Å². The lowest BCUT2D eigenvalue weighted by Gasteiger charge is -2.14. The molecule has 124 valence electrons. The van der Waals surface area contributed by atoms with E-state index in [4.69, 9.17) is 5.11 Å². The normalized spacial score (nSPS) is 12.7. The number of halogens is 2. The number of aliphatic hydroxyl groups excluding tert-OH is 1. The number of aliphatic hydroxyl groups is 1. The summed E-state index contributed by atoms with van der Waals surface area (Å²) in [6.45, 7) is 1.73. The first-order valence-electron chi connectivity index (χ1n) is 6.51. The number of nitrogens with one attached hydrogen (secondary N) is 2. The number of anilines is 3. The fourth-order valence-electron chi connectivity index (χ4n) is 1.64. The Morgan fingerprint density at radius 3 is 2.57 bits per heavy atom. The number of rotatable bonds is 6. The maximum absolute atomic E-state index is 12.8. The fourth-order valence-corrected chi connectivity index (χ4v) is 2.40. The van der Waals surface area contributed by atoms with Gasteiger partial charge in [0.25, 0.3) is 0 Å². The topological polar surface area (TPSA) is 104 Å². The van der Waals surface area contributed by atoms with Gasteiger partial charge in [-0.05, 0) is 47.1 Å². The zero-order valence-corrected chi connectivity index (χ0v) is 14.4. The maximum atomic E-state index is 12.8. The van der Waals surface area contributed by atoms with Gasteiger partial charge in [0, 0.05) is 17.9 Å². The third-order valence-corrected chi connectivity index (χ3v) is 4.21. The molecule has 10 heteroatoms. The van der Waals surface area contributed by atoms with E-state index < -0.39 is 15.1 Å². The van der Waals surface area contributed by atoms with E-state index in [2.05, 4.69) is 36.5 Å². The van der Waals surface area contributed by atoms with Crippen molar-refractivity contribution in [2.45, 2.75) is 17.9 Å². The Morgan fingerprint density at radius 2 is 2.00 bits per heavy atom. The molecular formula is C13H14BrFN4O3S. The van der Waals surface area contributed by atoms with E-state index in [0.717, 1.165) is 12.1 Å². The van der Waals surface area contributed by atoms with E-state index in [1.54, 1.807) is 6.92 Å². The number of aromatic nitrogens is 2. The van der Waals surface area contributed by atoms with Crippen LogP contribution in [0.25, 0.3) is 0 Å². The molecule has 1 heterocycles. The molecule has 3 N–H and O–H groups in total. The van der Waals surface area contributed by atoms with Crippen LogP contribution in [0.1, 0.15) is 6.92 Å². The zero-order valence-electron chi connectivity index (χ0n) is 12.0. The lowest BCUT2D eigenvalue weighted by Crippen LogP contribution is -2.20. The second-order valence-electron chi connectivity index (χ2n) is 4.71. The molecule has 2 aromatic rings. The minimum absolute atomic E-state index is 0.0572. The van der Waals surface area contributed by atoms with Crippen LogP contribution in [0.5, 0.6) is 0 Å². The lowest BCUT2D eigenvalue weighted by atomic mass is 10.3. The molecule has 0 radical (unpaired) electrons. The molecule has 0 saturated heterocycles. The SMILES string of the molecule is C[C@H](CO)Nc1nc(Nc2ccc(S(=O)(=O)F)cc2)ncc1Br. The smallest absolute Gasteiger partial charge is 0.332 e. The number of hydrogen-bond acceptors (Lipinski definition) is 7. The van der Waals surface area contributed by atoms with Gasteiger partial charge in [0.15, 0.2) is 0 Å². The van der Waals surface area contributed by atoms with Crippen molar-refractivity contribution in [2.24, 2.45) is 0 Å².